The van der Waals surface area contributed by atoms with Crippen LogP contribution in [0.2, 0.25) is 10.0 Å². The molecule has 1 N–H and O–H groups in total. The Kier molecular flexibility index (Phi) is 7.42. The molecule has 0 aliphatic rings. The number of esters is 1. The van der Waals surface area contributed by atoms with Crippen molar-refractivity contribution in [3.63, 3.8) is 0 Å². The SMILES string of the molecule is CN(C)S(=O)(=O)c1ccc(Cl)c(C(=O)OCC(=O)NCc2ccccc2Cl)c1. The Morgan fingerprint density at radius 1 is 1.07 bits per heavy atom. The zero-order chi connectivity index (χ0) is 20.9. The van der Waals surface area contributed by atoms with Crippen molar-refractivity contribution in [1.29, 1.82) is 0 Å². The molecule has 28 heavy (non-hydrogen) atoms. The molecule has 7 nitrogen and oxygen atoms in total. The summed E-state index contributed by atoms with van der Waals surface area (Å²) < 4.78 is 30.3. The van der Waals surface area contributed by atoms with Crippen molar-refractivity contribution in [2.45, 2.75) is 11.4 Å². The second-order valence-corrected chi connectivity index (χ2v) is 8.84. The zero-order valence-corrected chi connectivity index (χ0v) is 17.4. The largest absolute Gasteiger partial charge is 0.452 e. The first kappa shape index (κ1) is 22.2. The second kappa shape index (κ2) is 9.38. The van der Waals surface area contributed by atoms with Gasteiger partial charge < -0.3 is 10.1 Å². The lowest BCUT2D eigenvalue weighted by Gasteiger charge is -2.13. The molecule has 1 amide bonds. The summed E-state index contributed by atoms with van der Waals surface area (Å²) in [4.78, 5) is 24.0. The van der Waals surface area contributed by atoms with Crippen LogP contribution in [0.4, 0.5) is 0 Å². The van der Waals surface area contributed by atoms with E-state index in [1.807, 2.05) is 0 Å². The van der Waals surface area contributed by atoms with Crippen molar-refractivity contribution in [2.24, 2.45) is 0 Å². The fourth-order valence-electron chi connectivity index (χ4n) is 2.13. The van der Waals surface area contributed by atoms with Gasteiger partial charge in [-0.05, 0) is 29.8 Å². The highest BCUT2D eigenvalue weighted by Crippen LogP contribution is 2.23. The van der Waals surface area contributed by atoms with E-state index in [0.29, 0.717) is 10.6 Å². The topological polar surface area (TPSA) is 92.8 Å². The predicted octanol–water partition coefficient (Wildman–Crippen LogP) is 2.72. The molecular formula is C18H18Cl2N2O5S. The molecule has 10 heteroatoms. The summed E-state index contributed by atoms with van der Waals surface area (Å²) in [6.45, 7) is -0.377. The van der Waals surface area contributed by atoms with Crippen LogP contribution in [0.25, 0.3) is 0 Å². The predicted molar refractivity (Wildman–Crippen MR) is 106 cm³/mol. The third-order valence-electron chi connectivity index (χ3n) is 3.70. The average molecular weight is 445 g/mol. The molecule has 0 spiro atoms. The highest BCUT2D eigenvalue weighted by atomic mass is 35.5. The Bertz CT molecular complexity index is 993. The van der Waals surface area contributed by atoms with Gasteiger partial charge in [0.05, 0.1) is 15.5 Å². The molecule has 0 aliphatic heterocycles. The van der Waals surface area contributed by atoms with Gasteiger partial charge in [-0.2, -0.15) is 0 Å². The lowest BCUT2D eigenvalue weighted by atomic mass is 10.2. The number of halogens is 2. The van der Waals surface area contributed by atoms with Gasteiger partial charge in [0, 0.05) is 25.7 Å². The van der Waals surface area contributed by atoms with Gasteiger partial charge in [-0.25, -0.2) is 17.5 Å². The number of carbonyl (C=O) groups excluding carboxylic acids is 2. The Balaban J connectivity index is 2.01. The van der Waals surface area contributed by atoms with Crippen LogP contribution in [-0.2, 0) is 26.1 Å². The highest BCUT2D eigenvalue weighted by molar-refractivity contribution is 7.89. The van der Waals surface area contributed by atoms with Crippen molar-refractivity contribution < 1.29 is 22.7 Å². The molecule has 2 aromatic rings. The lowest BCUT2D eigenvalue weighted by molar-refractivity contribution is -0.124. The summed E-state index contributed by atoms with van der Waals surface area (Å²) in [6, 6.07) is 10.7. The number of nitrogens with one attached hydrogen (secondary N) is 1. The van der Waals surface area contributed by atoms with Crippen LogP contribution in [0.5, 0.6) is 0 Å². The molecule has 0 saturated heterocycles. The van der Waals surface area contributed by atoms with E-state index in [1.54, 1.807) is 24.3 Å². The third kappa shape index (κ3) is 5.45. The monoisotopic (exact) mass is 444 g/mol. The maximum atomic E-state index is 12.2. The second-order valence-electron chi connectivity index (χ2n) is 5.87. The van der Waals surface area contributed by atoms with Gasteiger partial charge >= 0.3 is 5.97 Å². The summed E-state index contributed by atoms with van der Waals surface area (Å²) in [5.74, 6) is -1.45. The van der Waals surface area contributed by atoms with Crippen LogP contribution in [0.3, 0.4) is 0 Å². The molecule has 0 fully saturated rings. The molecule has 150 valence electrons. The minimum atomic E-state index is -3.75. The van der Waals surface area contributed by atoms with E-state index in [2.05, 4.69) is 5.32 Å². The number of nitrogens with zero attached hydrogens (tertiary/aromatic N) is 1. The van der Waals surface area contributed by atoms with E-state index in [4.69, 9.17) is 27.9 Å². The van der Waals surface area contributed by atoms with Gasteiger partial charge in [0.2, 0.25) is 10.0 Å². The molecule has 0 saturated carbocycles. The fourth-order valence-corrected chi connectivity index (χ4v) is 3.45. The van der Waals surface area contributed by atoms with Crippen molar-refractivity contribution in [2.75, 3.05) is 20.7 Å². The molecular weight excluding hydrogens is 427 g/mol. The molecule has 2 aromatic carbocycles. The number of sulfonamides is 1. The quantitative estimate of drug-likeness (QED) is 0.662. The molecule has 2 rings (SSSR count). The van der Waals surface area contributed by atoms with Crippen molar-refractivity contribution in [3.8, 4) is 0 Å². The molecule has 0 radical (unpaired) electrons. The Labute approximate surface area is 173 Å². The van der Waals surface area contributed by atoms with Crippen LogP contribution in [0.1, 0.15) is 15.9 Å². The summed E-state index contributed by atoms with van der Waals surface area (Å²) in [5, 5.41) is 3.09. The van der Waals surface area contributed by atoms with E-state index in [0.717, 1.165) is 10.4 Å². The van der Waals surface area contributed by atoms with Crippen LogP contribution in [-0.4, -0.2) is 45.3 Å². The maximum absolute atomic E-state index is 12.2. The first-order valence-electron chi connectivity index (χ1n) is 8.02. The number of benzene rings is 2. The number of rotatable bonds is 7. The molecule has 0 heterocycles. The van der Waals surface area contributed by atoms with Crippen molar-refractivity contribution in [1.82, 2.24) is 9.62 Å². The zero-order valence-electron chi connectivity index (χ0n) is 15.1. The van der Waals surface area contributed by atoms with Crippen molar-refractivity contribution in [3.05, 3.63) is 63.6 Å². The van der Waals surface area contributed by atoms with Crippen LogP contribution >= 0.6 is 23.2 Å². The number of hydrogen-bond acceptors (Lipinski definition) is 5. The van der Waals surface area contributed by atoms with Crippen LogP contribution in [0, 0.1) is 0 Å². The highest BCUT2D eigenvalue weighted by Gasteiger charge is 2.22. The maximum Gasteiger partial charge on any atom is 0.340 e. The van der Waals surface area contributed by atoms with E-state index in [1.165, 1.54) is 26.2 Å². The molecule has 0 atom stereocenters. The molecule has 0 bridgehead atoms. The molecule has 0 aromatic heterocycles. The summed E-state index contributed by atoms with van der Waals surface area (Å²) >= 11 is 12.0. The standard InChI is InChI=1S/C18H18Cl2N2O5S/c1-22(2)28(25,26)13-7-8-16(20)14(9-13)18(24)27-11-17(23)21-10-12-5-3-4-6-15(12)19/h3-9H,10-11H2,1-2H3,(H,21,23). The van der Waals surface area contributed by atoms with E-state index in [-0.39, 0.29) is 22.0 Å². The van der Waals surface area contributed by atoms with Crippen molar-refractivity contribution >= 4 is 45.1 Å². The molecule has 0 aliphatic carbocycles. The first-order valence-corrected chi connectivity index (χ1v) is 10.2. The Hall–Kier alpha value is -2.13. The summed E-state index contributed by atoms with van der Waals surface area (Å²) in [6.07, 6.45) is 0. The first-order chi connectivity index (χ1) is 13.1. The number of hydrogen-bond donors (Lipinski definition) is 1. The minimum Gasteiger partial charge on any atom is -0.452 e. The average Bonchev–Trinajstić information content (AvgIpc) is 2.65. The van der Waals surface area contributed by atoms with Crippen LogP contribution in [0.15, 0.2) is 47.4 Å². The van der Waals surface area contributed by atoms with Gasteiger partial charge in [0.15, 0.2) is 6.61 Å². The number of ether oxygens (including phenoxy) is 1. The van der Waals surface area contributed by atoms with E-state index < -0.39 is 28.5 Å². The summed E-state index contributed by atoms with van der Waals surface area (Å²) in [7, 11) is -1.02. The van der Waals surface area contributed by atoms with E-state index in [9.17, 15) is 18.0 Å². The summed E-state index contributed by atoms with van der Waals surface area (Å²) in [5.41, 5.74) is 0.567. The van der Waals surface area contributed by atoms with Gasteiger partial charge in [0.1, 0.15) is 0 Å². The lowest BCUT2D eigenvalue weighted by Crippen LogP contribution is -2.28. The van der Waals surface area contributed by atoms with Crippen LogP contribution < -0.4 is 5.32 Å². The Morgan fingerprint density at radius 3 is 2.39 bits per heavy atom. The third-order valence-corrected chi connectivity index (χ3v) is 6.21. The number of amides is 1. The van der Waals surface area contributed by atoms with Gasteiger partial charge in [0.25, 0.3) is 5.91 Å². The van der Waals surface area contributed by atoms with Gasteiger partial charge in [-0.15, -0.1) is 0 Å². The normalized spacial score (nSPS) is 11.3. The smallest absolute Gasteiger partial charge is 0.340 e. The van der Waals surface area contributed by atoms with Gasteiger partial charge in [-0.3, -0.25) is 4.79 Å². The van der Waals surface area contributed by atoms with Gasteiger partial charge in [-0.1, -0.05) is 41.4 Å². The number of carbonyl (C=O) groups is 2. The molecule has 0 unspecified atom stereocenters. The fraction of sp³-hybridized carbons (Fsp3) is 0.222. The Morgan fingerprint density at radius 2 is 1.75 bits per heavy atom. The minimum absolute atomic E-state index is 0.0131. The van der Waals surface area contributed by atoms with E-state index >= 15 is 0 Å².